The SMILES string of the molecule is CCOc1ccc2ccccc2c1C=C(C#N)C(=O)c1ccccc1. The zero-order valence-corrected chi connectivity index (χ0v) is 13.9. The Hall–Kier alpha value is -3.38. The summed E-state index contributed by atoms with van der Waals surface area (Å²) in [7, 11) is 0. The van der Waals surface area contributed by atoms with E-state index in [0.29, 0.717) is 17.9 Å². The van der Waals surface area contributed by atoms with Crippen LogP contribution in [0.4, 0.5) is 0 Å². The van der Waals surface area contributed by atoms with Crippen molar-refractivity contribution in [1.82, 2.24) is 0 Å². The Labute approximate surface area is 146 Å². The summed E-state index contributed by atoms with van der Waals surface area (Å²) in [5.41, 5.74) is 1.33. The summed E-state index contributed by atoms with van der Waals surface area (Å²) >= 11 is 0. The van der Waals surface area contributed by atoms with Crippen LogP contribution in [0.5, 0.6) is 5.75 Å². The molecule has 0 unspecified atom stereocenters. The summed E-state index contributed by atoms with van der Waals surface area (Å²) in [5, 5.41) is 11.5. The van der Waals surface area contributed by atoms with Gasteiger partial charge in [-0.05, 0) is 29.8 Å². The first kappa shape index (κ1) is 16.5. The maximum Gasteiger partial charge on any atom is 0.203 e. The Balaban J connectivity index is 2.16. The third kappa shape index (κ3) is 3.44. The summed E-state index contributed by atoms with van der Waals surface area (Å²) in [6, 6.07) is 22.6. The van der Waals surface area contributed by atoms with Crippen LogP contribution < -0.4 is 4.74 Å². The molecule has 3 heteroatoms. The molecule has 0 spiro atoms. The molecular weight excluding hydrogens is 310 g/mol. The fourth-order valence-electron chi connectivity index (χ4n) is 2.74. The number of Topliss-reactive ketones (excluding diaryl/α,β-unsaturated/α-hetero) is 1. The molecule has 0 radical (unpaired) electrons. The van der Waals surface area contributed by atoms with Crippen LogP contribution in [0.3, 0.4) is 0 Å². The van der Waals surface area contributed by atoms with E-state index in [4.69, 9.17) is 4.74 Å². The van der Waals surface area contributed by atoms with Gasteiger partial charge < -0.3 is 4.74 Å². The number of hydrogen-bond acceptors (Lipinski definition) is 3. The highest BCUT2D eigenvalue weighted by atomic mass is 16.5. The van der Waals surface area contributed by atoms with Crippen molar-refractivity contribution in [3.63, 3.8) is 0 Å². The molecule has 25 heavy (non-hydrogen) atoms. The molecule has 3 aromatic carbocycles. The van der Waals surface area contributed by atoms with Crippen molar-refractivity contribution in [3.05, 3.63) is 83.4 Å². The highest BCUT2D eigenvalue weighted by molar-refractivity contribution is 6.15. The fraction of sp³-hybridized carbons (Fsp3) is 0.0909. The summed E-state index contributed by atoms with van der Waals surface area (Å²) in [6.07, 6.45) is 1.63. The van der Waals surface area contributed by atoms with E-state index in [1.54, 1.807) is 30.3 Å². The van der Waals surface area contributed by atoms with Crippen molar-refractivity contribution >= 4 is 22.6 Å². The Morgan fingerprint density at radius 2 is 1.76 bits per heavy atom. The number of nitriles is 1. The smallest absolute Gasteiger partial charge is 0.203 e. The lowest BCUT2D eigenvalue weighted by atomic mass is 9.98. The van der Waals surface area contributed by atoms with Crippen LogP contribution in [0.15, 0.2) is 72.3 Å². The number of allylic oxidation sites excluding steroid dienone is 1. The van der Waals surface area contributed by atoms with Crippen molar-refractivity contribution < 1.29 is 9.53 Å². The standard InChI is InChI=1S/C22H17NO2/c1-2-25-21-13-12-16-8-6-7-11-19(16)20(21)14-18(15-23)22(24)17-9-4-3-5-10-17/h3-14H,2H2,1H3. The molecule has 0 aliphatic rings. The normalized spacial score (nSPS) is 11.1. The van der Waals surface area contributed by atoms with Gasteiger partial charge in [-0.1, -0.05) is 60.7 Å². The van der Waals surface area contributed by atoms with E-state index in [2.05, 4.69) is 0 Å². The Morgan fingerprint density at radius 1 is 1.04 bits per heavy atom. The van der Waals surface area contributed by atoms with Crippen molar-refractivity contribution in [2.75, 3.05) is 6.61 Å². The number of fused-ring (bicyclic) bond motifs is 1. The summed E-state index contributed by atoms with van der Waals surface area (Å²) in [5.74, 6) is 0.369. The minimum atomic E-state index is -0.293. The third-order valence-electron chi connectivity index (χ3n) is 3.92. The number of carbonyl (C=O) groups is 1. The molecule has 0 heterocycles. The first-order valence-electron chi connectivity index (χ1n) is 8.10. The number of ether oxygens (including phenoxy) is 1. The molecular formula is C22H17NO2. The van der Waals surface area contributed by atoms with Gasteiger partial charge in [0.2, 0.25) is 5.78 Å². The van der Waals surface area contributed by atoms with Crippen LogP contribution in [-0.2, 0) is 0 Å². The molecule has 0 saturated heterocycles. The molecule has 0 aromatic heterocycles. The summed E-state index contributed by atoms with van der Waals surface area (Å²) in [6.45, 7) is 2.41. The minimum absolute atomic E-state index is 0.0866. The molecule has 0 bridgehead atoms. The predicted molar refractivity (Wildman–Crippen MR) is 99.5 cm³/mol. The van der Waals surface area contributed by atoms with Gasteiger partial charge >= 0.3 is 0 Å². The Kier molecular flexibility index (Phi) is 4.92. The summed E-state index contributed by atoms with van der Waals surface area (Å²) < 4.78 is 5.71. The maximum atomic E-state index is 12.7. The van der Waals surface area contributed by atoms with Crippen LogP contribution in [0.2, 0.25) is 0 Å². The third-order valence-corrected chi connectivity index (χ3v) is 3.92. The Bertz CT molecular complexity index is 982. The lowest BCUT2D eigenvalue weighted by Gasteiger charge is -2.11. The van der Waals surface area contributed by atoms with E-state index in [-0.39, 0.29) is 11.4 Å². The lowest BCUT2D eigenvalue weighted by Crippen LogP contribution is -2.02. The van der Waals surface area contributed by atoms with Gasteiger partial charge in [-0.15, -0.1) is 0 Å². The van der Waals surface area contributed by atoms with E-state index >= 15 is 0 Å². The first-order valence-corrected chi connectivity index (χ1v) is 8.10. The van der Waals surface area contributed by atoms with Gasteiger partial charge in [-0.3, -0.25) is 4.79 Å². The molecule has 0 aliphatic carbocycles. The number of benzene rings is 3. The van der Waals surface area contributed by atoms with Gasteiger partial charge in [-0.25, -0.2) is 0 Å². The molecule has 0 fully saturated rings. The molecule has 3 nitrogen and oxygen atoms in total. The van der Waals surface area contributed by atoms with Gasteiger partial charge in [0.05, 0.1) is 6.61 Å². The minimum Gasteiger partial charge on any atom is -0.493 e. The summed E-state index contributed by atoms with van der Waals surface area (Å²) in [4.78, 5) is 12.7. The molecule has 0 aliphatic heterocycles. The number of nitrogens with zero attached hydrogens (tertiary/aromatic N) is 1. The quantitative estimate of drug-likeness (QED) is 0.375. The topological polar surface area (TPSA) is 50.1 Å². The number of ketones is 1. The maximum absolute atomic E-state index is 12.7. The number of rotatable bonds is 5. The molecule has 3 rings (SSSR count). The molecule has 0 amide bonds. The molecule has 0 atom stereocenters. The van der Waals surface area contributed by atoms with E-state index in [1.807, 2.05) is 55.5 Å². The molecule has 122 valence electrons. The number of carbonyl (C=O) groups excluding carboxylic acids is 1. The zero-order valence-electron chi connectivity index (χ0n) is 13.9. The van der Waals surface area contributed by atoms with Crippen LogP contribution in [0.25, 0.3) is 16.8 Å². The van der Waals surface area contributed by atoms with Crippen molar-refractivity contribution in [1.29, 1.82) is 5.26 Å². The molecule has 0 saturated carbocycles. The first-order chi connectivity index (χ1) is 12.2. The van der Waals surface area contributed by atoms with Gasteiger partial charge in [0.1, 0.15) is 17.4 Å². The van der Waals surface area contributed by atoms with Crippen molar-refractivity contribution in [2.24, 2.45) is 0 Å². The van der Waals surface area contributed by atoms with Gasteiger partial charge in [0, 0.05) is 11.1 Å². The second kappa shape index (κ2) is 7.46. The van der Waals surface area contributed by atoms with Crippen molar-refractivity contribution in [3.8, 4) is 11.8 Å². The largest absolute Gasteiger partial charge is 0.493 e. The lowest BCUT2D eigenvalue weighted by molar-refractivity contribution is 0.104. The van der Waals surface area contributed by atoms with Crippen LogP contribution in [-0.4, -0.2) is 12.4 Å². The van der Waals surface area contributed by atoms with E-state index in [0.717, 1.165) is 16.3 Å². The van der Waals surface area contributed by atoms with E-state index in [1.165, 1.54) is 0 Å². The van der Waals surface area contributed by atoms with Crippen LogP contribution in [0.1, 0.15) is 22.8 Å². The van der Waals surface area contributed by atoms with Gasteiger partial charge in [-0.2, -0.15) is 5.26 Å². The predicted octanol–water partition coefficient (Wildman–Crippen LogP) is 5.03. The zero-order chi connectivity index (χ0) is 17.6. The average Bonchev–Trinajstić information content (AvgIpc) is 2.67. The van der Waals surface area contributed by atoms with Gasteiger partial charge in [0.25, 0.3) is 0 Å². The second-order valence-corrected chi connectivity index (χ2v) is 5.50. The molecule has 3 aromatic rings. The number of hydrogen-bond donors (Lipinski definition) is 0. The highest BCUT2D eigenvalue weighted by Crippen LogP contribution is 2.30. The van der Waals surface area contributed by atoms with E-state index < -0.39 is 0 Å². The highest BCUT2D eigenvalue weighted by Gasteiger charge is 2.14. The second-order valence-electron chi connectivity index (χ2n) is 5.50. The van der Waals surface area contributed by atoms with Gasteiger partial charge in [0.15, 0.2) is 0 Å². The van der Waals surface area contributed by atoms with E-state index in [9.17, 15) is 10.1 Å². The van der Waals surface area contributed by atoms with Crippen molar-refractivity contribution in [2.45, 2.75) is 6.92 Å². The fourth-order valence-corrected chi connectivity index (χ4v) is 2.74. The van der Waals surface area contributed by atoms with Crippen LogP contribution in [0, 0.1) is 11.3 Å². The van der Waals surface area contributed by atoms with Crippen LogP contribution >= 0.6 is 0 Å². The average molecular weight is 327 g/mol. The molecule has 0 N–H and O–H groups in total. The Morgan fingerprint density at radius 3 is 2.48 bits per heavy atom. The monoisotopic (exact) mass is 327 g/mol.